The lowest BCUT2D eigenvalue weighted by molar-refractivity contribution is -0.161. The average Bonchev–Trinajstić information content (AvgIpc) is 3.25. The molecule has 0 bridgehead atoms. The molecule has 5 nitrogen and oxygen atoms in total. The normalized spacial score (nSPS) is 19.1. The second-order valence-corrected chi connectivity index (χ2v) is 11.0. The Hall–Kier alpha value is -2.31. The van der Waals surface area contributed by atoms with Crippen LogP contribution in [0.15, 0.2) is 73.3 Å². The van der Waals surface area contributed by atoms with Crippen molar-refractivity contribution >= 4 is 5.78 Å². The second-order valence-electron chi connectivity index (χ2n) is 11.0. The Bertz CT molecular complexity index is 943. The third-order valence-electron chi connectivity index (χ3n) is 7.11. The standard InChI is InChI=1S/C34H48O5/c1-4-5-6-14-21-30(35)23-24-31(37-27-29-19-12-8-13-20-29)33-32(38-34(2,3)39-33)22-15-9-16-25-36-26-28-17-10-7-11-18-28/h4,7-8,10-13,17-20,31-33H,1,5-6,9,14-16,21-27H2,2-3H3/t31-,32-,33-/m0/s1. The molecule has 1 fully saturated rings. The first-order valence-electron chi connectivity index (χ1n) is 14.7. The monoisotopic (exact) mass is 536 g/mol. The first kappa shape index (κ1) is 31.2. The van der Waals surface area contributed by atoms with Gasteiger partial charge in [-0.05, 0) is 63.5 Å². The van der Waals surface area contributed by atoms with Crippen molar-refractivity contribution in [1.82, 2.24) is 0 Å². The number of hydrogen-bond acceptors (Lipinski definition) is 5. The molecule has 0 aliphatic carbocycles. The molecule has 1 aliphatic heterocycles. The van der Waals surface area contributed by atoms with Crippen LogP contribution in [0, 0.1) is 0 Å². The molecule has 0 aromatic heterocycles. The number of ketones is 1. The van der Waals surface area contributed by atoms with E-state index in [1.807, 2.05) is 56.3 Å². The number of hydrogen-bond donors (Lipinski definition) is 0. The predicted molar refractivity (Wildman–Crippen MR) is 156 cm³/mol. The average molecular weight is 537 g/mol. The minimum absolute atomic E-state index is 0.0614. The van der Waals surface area contributed by atoms with Crippen LogP contribution >= 0.6 is 0 Å². The van der Waals surface area contributed by atoms with E-state index in [0.29, 0.717) is 32.5 Å². The molecule has 0 radical (unpaired) electrons. The van der Waals surface area contributed by atoms with Crippen LogP contribution in [0.5, 0.6) is 0 Å². The fraction of sp³-hybridized carbons (Fsp3) is 0.559. The molecule has 0 saturated carbocycles. The Morgan fingerprint density at radius 3 is 2.28 bits per heavy atom. The van der Waals surface area contributed by atoms with Crippen LogP contribution in [0.4, 0.5) is 0 Å². The highest BCUT2D eigenvalue weighted by molar-refractivity contribution is 5.78. The highest BCUT2D eigenvalue weighted by Crippen LogP contribution is 2.35. The van der Waals surface area contributed by atoms with Crippen LogP contribution in [0.2, 0.25) is 0 Å². The summed E-state index contributed by atoms with van der Waals surface area (Å²) in [5, 5.41) is 0. The second kappa shape index (κ2) is 17.4. The fourth-order valence-corrected chi connectivity index (χ4v) is 5.05. The molecule has 214 valence electrons. The van der Waals surface area contributed by atoms with Crippen molar-refractivity contribution in [2.45, 2.75) is 115 Å². The summed E-state index contributed by atoms with van der Waals surface area (Å²) in [6, 6.07) is 20.5. The van der Waals surface area contributed by atoms with Gasteiger partial charge in [0.1, 0.15) is 11.9 Å². The summed E-state index contributed by atoms with van der Waals surface area (Å²) in [7, 11) is 0. The zero-order valence-electron chi connectivity index (χ0n) is 24.0. The molecule has 0 amide bonds. The van der Waals surface area contributed by atoms with E-state index < -0.39 is 5.79 Å². The zero-order chi connectivity index (χ0) is 27.8. The summed E-state index contributed by atoms with van der Waals surface area (Å²) in [5.41, 5.74) is 2.32. The summed E-state index contributed by atoms with van der Waals surface area (Å²) >= 11 is 0. The van der Waals surface area contributed by atoms with Crippen molar-refractivity contribution < 1.29 is 23.7 Å². The van der Waals surface area contributed by atoms with Crippen molar-refractivity contribution in [3.8, 4) is 0 Å². The van der Waals surface area contributed by atoms with Crippen molar-refractivity contribution in [2.24, 2.45) is 0 Å². The number of carbonyl (C=O) groups is 1. The molecule has 3 atom stereocenters. The Labute approximate surface area is 235 Å². The SMILES string of the molecule is C=CCCCCC(=O)CC[C@H](OCc1ccccc1)[C@@H]1OC(C)(C)O[C@H]1CCCCCOCc1ccccc1. The highest BCUT2D eigenvalue weighted by Gasteiger charge is 2.45. The first-order valence-corrected chi connectivity index (χ1v) is 14.7. The maximum Gasteiger partial charge on any atom is 0.163 e. The first-order chi connectivity index (χ1) is 19.0. The van der Waals surface area contributed by atoms with Crippen LogP contribution in [0.3, 0.4) is 0 Å². The molecule has 1 heterocycles. The van der Waals surface area contributed by atoms with E-state index in [2.05, 4.69) is 30.8 Å². The quantitative estimate of drug-likeness (QED) is 0.127. The van der Waals surface area contributed by atoms with Gasteiger partial charge in [0.05, 0.1) is 25.4 Å². The van der Waals surface area contributed by atoms with Crippen LogP contribution in [-0.4, -0.2) is 36.5 Å². The number of unbranched alkanes of at least 4 members (excludes halogenated alkanes) is 4. The smallest absolute Gasteiger partial charge is 0.163 e. The molecule has 39 heavy (non-hydrogen) atoms. The molecule has 2 aromatic rings. The van der Waals surface area contributed by atoms with E-state index in [0.717, 1.165) is 57.1 Å². The maximum absolute atomic E-state index is 12.6. The molecular formula is C34H48O5. The summed E-state index contributed by atoms with van der Waals surface area (Å²) in [4.78, 5) is 12.6. The minimum atomic E-state index is -0.669. The van der Waals surface area contributed by atoms with Crippen LogP contribution in [0.1, 0.15) is 89.2 Å². The number of Topliss-reactive ketones (excluding diaryl/α,β-unsaturated/α-hetero) is 1. The van der Waals surface area contributed by atoms with Crippen molar-refractivity contribution in [1.29, 1.82) is 0 Å². The Morgan fingerprint density at radius 2 is 1.59 bits per heavy atom. The lowest BCUT2D eigenvalue weighted by Gasteiger charge is -2.27. The maximum atomic E-state index is 12.6. The van der Waals surface area contributed by atoms with E-state index >= 15 is 0 Å². The molecular weight excluding hydrogens is 488 g/mol. The molecule has 2 aromatic carbocycles. The van der Waals surface area contributed by atoms with Gasteiger partial charge in [0.2, 0.25) is 0 Å². The Kier molecular flexibility index (Phi) is 13.9. The topological polar surface area (TPSA) is 54.0 Å². The van der Waals surface area contributed by atoms with E-state index in [-0.39, 0.29) is 24.1 Å². The summed E-state index contributed by atoms with van der Waals surface area (Å²) < 4.78 is 25.0. The van der Waals surface area contributed by atoms with E-state index in [9.17, 15) is 4.79 Å². The number of rotatable bonds is 20. The van der Waals surface area contributed by atoms with Crippen molar-refractivity contribution in [2.75, 3.05) is 6.61 Å². The van der Waals surface area contributed by atoms with E-state index in [1.54, 1.807) is 0 Å². The summed E-state index contributed by atoms with van der Waals surface area (Å²) in [5.74, 6) is -0.380. The van der Waals surface area contributed by atoms with E-state index in [4.69, 9.17) is 18.9 Å². The van der Waals surface area contributed by atoms with Gasteiger partial charge < -0.3 is 18.9 Å². The molecule has 0 N–H and O–H groups in total. The predicted octanol–water partition coefficient (Wildman–Crippen LogP) is 7.96. The molecule has 1 aliphatic rings. The van der Waals surface area contributed by atoms with Gasteiger partial charge in [-0.15, -0.1) is 6.58 Å². The van der Waals surface area contributed by atoms with E-state index in [1.165, 1.54) is 5.56 Å². The van der Waals surface area contributed by atoms with Crippen molar-refractivity contribution in [3.63, 3.8) is 0 Å². The molecule has 3 rings (SSSR count). The number of allylic oxidation sites excluding steroid dienone is 1. The van der Waals surface area contributed by atoms with Gasteiger partial charge in [-0.25, -0.2) is 0 Å². The third kappa shape index (κ3) is 12.2. The van der Waals surface area contributed by atoms with Gasteiger partial charge in [0.25, 0.3) is 0 Å². The summed E-state index contributed by atoms with van der Waals surface area (Å²) in [6.45, 7) is 9.60. The van der Waals surface area contributed by atoms with Crippen LogP contribution in [0.25, 0.3) is 0 Å². The Morgan fingerprint density at radius 1 is 0.897 bits per heavy atom. The Balaban J connectivity index is 1.49. The zero-order valence-corrected chi connectivity index (χ0v) is 24.0. The van der Waals surface area contributed by atoms with Crippen LogP contribution in [-0.2, 0) is 37.0 Å². The van der Waals surface area contributed by atoms with Crippen LogP contribution < -0.4 is 0 Å². The molecule has 5 heteroatoms. The lowest BCUT2D eigenvalue weighted by atomic mass is 9.97. The highest BCUT2D eigenvalue weighted by atomic mass is 16.8. The minimum Gasteiger partial charge on any atom is -0.377 e. The number of ether oxygens (including phenoxy) is 4. The van der Waals surface area contributed by atoms with Gasteiger partial charge in [-0.2, -0.15) is 0 Å². The fourth-order valence-electron chi connectivity index (χ4n) is 5.05. The molecule has 0 spiro atoms. The third-order valence-corrected chi connectivity index (χ3v) is 7.11. The van der Waals surface area contributed by atoms with Gasteiger partial charge >= 0.3 is 0 Å². The largest absolute Gasteiger partial charge is 0.377 e. The molecule has 1 saturated heterocycles. The van der Waals surface area contributed by atoms with Gasteiger partial charge in [-0.3, -0.25) is 4.79 Å². The van der Waals surface area contributed by atoms with Gasteiger partial charge in [0.15, 0.2) is 5.79 Å². The van der Waals surface area contributed by atoms with Gasteiger partial charge in [-0.1, -0.05) is 79.6 Å². The molecule has 0 unspecified atom stereocenters. The number of carbonyl (C=O) groups excluding carboxylic acids is 1. The summed E-state index contributed by atoms with van der Waals surface area (Å²) in [6.07, 6.45) is 10.1. The number of benzene rings is 2. The van der Waals surface area contributed by atoms with Crippen molar-refractivity contribution in [3.05, 3.63) is 84.4 Å². The van der Waals surface area contributed by atoms with Gasteiger partial charge in [0, 0.05) is 19.4 Å². The lowest BCUT2D eigenvalue weighted by Crippen LogP contribution is -2.38.